The molecule has 0 aromatic heterocycles. The SMILES string of the molecule is CC(=O)O[C@H]1CN(S(=O)(=O)c2ccc(Br)cc2)C[C@@H]1OC(C)=O. The molecule has 1 aliphatic heterocycles. The Labute approximate surface area is 142 Å². The number of rotatable bonds is 4. The molecule has 126 valence electrons. The number of sulfonamides is 1. The van der Waals surface area contributed by atoms with Crippen LogP contribution < -0.4 is 0 Å². The van der Waals surface area contributed by atoms with Gasteiger partial charge >= 0.3 is 11.9 Å². The normalized spacial score (nSPS) is 21.9. The van der Waals surface area contributed by atoms with Crippen molar-refractivity contribution in [2.75, 3.05) is 13.1 Å². The van der Waals surface area contributed by atoms with Crippen LogP contribution in [-0.4, -0.2) is 50.0 Å². The van der Waals surface area contributed by atoms with Crippen LogP contribution in [0.2, 0.25) is 0 Å². The average molecular weight is 406 g/mol. The summed E-state index contributed by atoms with van der Waals surface area (Å²) in [6, 6.07) is 6.19. The number of carbonyl (C=O) groups is 2. The predicted octanol–water partition coefficient (Wildman–Crippen LogP) is 1.32. The van der Waals surface area contributed by atoms with E-state index in [9.17, 15) is 18.0 Å². The molecule has 0 saturated carbocycles. The molecule has 2 atom stereocenters. The quantitative estimate of drug-likeness (QED) is 0.701. The van der Waals surface area contributed by atoms with Crippen molar-refractivity contribution in [3.05, 3.63) is 28.7 Å². The van der Waals surface area contributed by atoms with E-state index in [1.165, 1.54) is 26.0 Å². The fourth-order valence-electron chi connectivity index (χ4n) is 2.32. The van der Waals surface area contributed by atoms with Crippen molar-refractivity contribution in [2.24, 2.45) is 0 Å². The highest BCUT2D eigenvalue weighted by molar-refractivity contribution is 9.10. The minimum Gasteiger partial charge on any atom is -0.457 e. The van der Waals surface area contributed by atoms with Crippen molar-refractivity contribution in [2.45, 2.75) is 31.0 Å². The van der Waals surface area contributed by atoms with Crippen LogP contribution in [0.15, 0.2) is 33.6 Å². The summed E-state index contributed by atoms with van der Waals surface area (Å²) in [7, 11) is -3.76. The summed E-state index contributed by atoms with van der Waals surface area (Å²) in [6.07, 6.45) is -1.64. The molecule has 1 heterocycles. The third-order valence-electron chi connectivity index (χ3n) is 3.27. The van der Waals surface area contributed by atoms with Crippen LogP contribution >= 0.6 is 15.9 Å². The maximum atomic E-state index is 12.6. The molecule has 1 saturated heterocycles. The molecule has 0 unspecified atom stereocenters. The summed E-state index contributed by atoms with van der Waals surface area (Å²) in [5.74, 6) is -1.12. The molecule has 0 bridgehead atoms. The number of benzene rings is 1. The standard InChI is InChI=1S/C14H16BrNO6S/c1-9(17)21-13-7-16(8-14(13)22-10(2)18)23(19,20)12-5-3-11(15)4-6-12/h3-6,13-14H,7-8H2,1-2H3/t13-,14-/m0/s1. The van der Waals surface area contributed by atoms with E-state index in [-0.39, 0.29) is 18.0 Å². The zero-order chi connectivity index (χ0) is 17.2. The molecule has 23 heavy (non-hydrogen) atoms. The van der Waals surface area contributed by atoms with E-state index in [2.05, 4.69) is 15.9 Å². The first-order chi connectivity index (χ1) is 10.7. The Morgan fingerprint density at radius 3 is 1.87 bits per heavy atom. The van der Waals surface area contributed by atoms with Crippen molar-refractivity contribution in [3.63, 3.8) is 0 Å². The number of ether oxygens (including phenoxy) is 2. The van der Waals surface area contributed by atoms with E-state index in [0.29, 0.717) is 0 Å². The molecule has 0 N–H and O–H groups in total. The predicted molar refractivity (Wildman–Crippen MR) is 84.0 cm³/mol. The van der Waals surface area contributed by atoms with E-state index in [1.54, 1.807) is 12.1 Å². The van der Waals surface area contributed by atoms with Gasteiger partial charge in [-0.05, 0) is 24.3 Å². The van der Waals surface area contributed by atoms with E-state index < -0.39 is 34.2 Å². The van der Waals surface area contributed by atoms with Gasteiger partial charge in [0.1, 0.15) is 0 Å². The first kappa shape index (κ1) is 17.9. The molecule has 1 aromatic carbocycles. The van der Waals surface area contributed by atoms with Gasteiger partial charge in [0.05, 0.1) is 18.0 Å². The highest BCUT2D eigenvalue weighted by Crippen LogP contribution is 2.25. The fraction of sp³-hybridized carbons (Fsp3) is 0.429. The van der Waals surface area contributed by atoms with E-state index >= 15 is 0 Å². The van der Waals surface area contributed by atoms with Crippen molar-refractivity contribution < 1.29 is 27.5 Å². The minimum absolute atomic E-state index is 0.0596. The van der Waals surface area contributed by atoms with Gasteiger partial charge in [-0.2, -0.15) is 4.31 Å². The maximum absolute atomic E-state index is 12.6. The third kappa shape index (κ3) is 4.30. The summed E-state index contributed by atoms with van der Waals surface area (Å²) in [4.78, 5) is 22.4. The van der Waals surface area contributed by atoms with Crippen LogP contribution in [0.5, 0.6) is 0 Å². The number of nitrogens with zero attached hydrogens (tertiary/aromatic N) is 1. The van der Waals surface area contributed by atoms with Gasteiger partial charge in [0, 0.05) is 18.3 Å². The molecule has 0 spiro atoms. The van der Waals surface area contributed by atoms with Gasteiger partial charge in [-0.15, -0.1) is 0 Å². The van der Waals surface area contributed by atoms with Gasteiger partial charge in [0.15, 0.2) is 12.2 Å². The van der Waals surface area contributed by atoms with E-state index in [0.717, 1.165) is 8.78 Å². The fourth-order valence-corrected chi connectivity index (χ4v) is 4.04. The highest BCUT2D eigenvalue weighted by atomic mass is 79.9. The summed E-state index contributed by atoms with van der Waals surface area (Å²) in [5.41, 5.74) is 0. The zero-order valence-electron chi connectivity index (χ0n) is 12.6. The second-order valence-electron chi connectivity index (χ2n) is 5.07. The highest BCUT2D eigenvalue weighted by Gasteiger charge is 2.43. The molecule has 0 aliphatic carbocycles. The van der Waals surface area contributed by atoms with Gasteiger partial charge in [-0.25, -0.2) is 8.42 Å². The Morgan fingerprint density at radius 2 is 1.48 bits per heavy atom. The molecule has 1 aromatic rings. The largest absolute Gasteiger partial charge is 0.457 e. The van der Waals surface area contributed by atoms with Crippen LogP contribution in [0.1, 0.15) is 13.8 Å². The topological polar surface area (TPSA) is 90.0 Å². The second kappa shape index (κ2) is 6.98. The molecular formula is C14H16BrNO6S. The third-order valence-corrected chi connectivity index (χ3v) is 5.64. The number of carbonyl (C=O) groups excluding carboxylic acids is 2. The smallest absolute Gasteiger partial charge is 0.303 e. The summed E-state index contributed by atoms with van der Waals surface area (Å²) < 4.78 is 37.3. The lowest BCUT2D eigenvalue weighted by molar-refractivity contribution is -0.160. The van der Waals surface area contributed by atoms with Crippen molar-refractivity contribution in [3.8, 4) is 0 Å². The van der Waals surface area contributed by atoms with Gasteiger partial charge in [-0.3, -0.25) is 9.59 Å². The number of hydrogen-bond donors (Lipinski definition) is 0. The minimum atomic E-state index is -3.76. The van der Waals surface area contributed by atoms with E-state index in [1.807, 2.05) is 0 Å². The summed E-state index contributed by atoms with van der Waals surface area (Å²) in [5, 5.41) is 0. The summed E-state index contributed by atoms with van der Waals surface area (Å²) >= 11 is 3.25. The lowest BCUT2D eigenvalue weighted by Gasteiger charge is -2.17. The Hall–Kier alpha value is -1.45. The van der Waals surface area contributed by atoms with Crippen LogP contribution in [-0.2, 0) is 29.1 Å². The number of halogens is 1. The Balaban J connectivity index is 2.24. The Morgan fingerprint density at radius 1 is 1.04 bits per heavy atom. The lowest BCUT2D eigenvalue weighted by Crippen LogP contribution is -2.32. The zero-order valence-corrected chi connectivity index (χ0v) is 15.0. The molecular weight excluding hydrogens is 390 g/mol. The Bertz CT molecular complexity index is 678. The number of hydrogen-bond acceptors (Lipinski definition) is 6. The molecule has 0 radical (unpaired) electrons. The lowest BCUT2D eigenvalue weighted by atomic mass is 10.2. The summed E-state index contributed by atoms with van der Waals surface area (Å²) in [6.45, 7) is 2.32. The number of esters is 2. The molecule has 1 fully saturated rings. The van der Waals surface area contributed by atoms with Gasteiger partial charge in [-0.1, -0.05) is 15.9 Å². The monoisotopic (exact) mass is 405 g/mol. The average Bonchev–Trinajstić information content (AvgIpc) is 2.81. The van der Waals surface area contributed by atoms with Crippen LogP contribution in [0.25, 0.3) is 0 Å². The van der Waals surface area contributed by atoms with E-state index in [4.69, 9.17) is 9.47 Å². The van der Waals surface area contributed by atoms with Crippen molar-refractivity contribution in [1.29, 1.82) is 0 Å². The van der Waals surface area contributed by atoms with Crippen molar-refractivity contribution >= 4 is 37.9 Å². The van der Waals surface area contributed by atoms with Gasteiger partial charge < -0.3 is 9.47 Å². The molecule has 7 nitrogen and oxygen atoms in total. The Kier molecular flexibility index (Phi) is 5.43. The van der Waals surface area contributed by atoms with Crippen LogP contribution in [0.3, 0.4) is 0 Å². The molecule has 0 amide bonds. The first-order valence-electron chi connectivity index (χ1n) is 6.80. The van der Waals surface area contributed by atoms with Crippen LogP contribution in [0, 0.1) is 0 Å². The van der Waals surface area contributed by atoms with Gasteiger partial charge in [0.25, 0.3) is 0 Å². The first-order valence-corrected chi connectivity index (χ1v) is 9.03. The molecule has 1 aliphatic rings. The van der Waals surface area contributed by atoms with Gasteiger partial charge in [0.2, 0.25) is 10.0 Å². The van der Waals surface area contributed by atoms with Crippen LogP contribution in [0.4, 0.5) is 0 Å². The molecule has 2 rings (SSSR count). The second-order valence-corrected chi connectivity index (χ2v) is 7.93. The van der Waals surface area contributed by atoms with Crippen molar-refractivity contribution in [1.82, 2.24) is 4.31 Å². The molecule has 9 heteroatoms. The maximum Gasteiger partial charge on any atom is 0.303 e.